The fourth-order valence-corrected chi connectivity index (χ4v) is 1.24. The van der Waals surface area contributed by atoms with E-state index in [0.29, 0.717) is 0 Å². The van der Waals surface area contributed by atoms with Crippen molar-refractivity contribution in [2.45, 2.75) is 5.12 Å². The van der Waals surface area contributed by atoms with Crippen LogP contribution in [-0.4, -0.2) is 26.2 Å². The molecule has 0 spiro atoms. The Morgan fingerprint density at radius 2 is 2.00 bits per heavy atom. The van der Waals surface area contributed by atoms with Crippen molar-refractivity contribution in [3.63, 3.8) is 0 Å². The van der Waals surface area contributed by atoms with Crippen LogP contribution in [-0.2, 0) is 4.79 Å². The first-order chi connectivity index (χ1) is 6.92. The maximum atomic E-state index is 11.2. The van der Waals surface area contributed by atoms with Crippen LogP contribution in [0, 0.1) is 0 Å². The van der Waals surface area contributed by atoms with E-state index in [-0.39, 0.29) is 10.8 Å². The van der Waals surface area contributed by atoms with Crippen molar-refractivity contribution in [1.29, 1.82) is 0 Å². The minimum absolute atomic E-state index is 0.235. The second kappa shape index (κ2) is 2.76. The van der Waals surface area contributed by atoms with Gasteiger partial charge in [-0.2, -0.15) is 0 Å². The maximum absolute atomic E-state index is 11.2. The number of halogens is 1. The molecule has 2 heterocycles. The third kappa shape index (κ3) is 1.34. The summed E-state index contributed by atoms with van der Waals surface area (Å²) in [6, 6.07) is 0. The number of carboxylic acid groups (broad SMARTS) is 1. The van der Waals surface area contributed by atoms with Gasteiger partial charge in [-0.25, -0.2) is 19.6 Å². The monoisotopic (exact) mass is 230 g/mol. The molecule has 0 amide bonds. The van der Waals surface area contributed by atoms with E-state index in [2.05, 4.69) is 15.0 Å². The van der Waals surface area contributed by atoms with Crippen LogP contribution in [0.2, 0.25) is 0 Å². The third-order valence-corrected chi connectivity index (χ3v) is 2.02. The van der Waals surface area contributed by atoms with Crippen molar-refractivity contribution < 1.29 is 9.90 Å². The van der Waals surface area contributed by atoms with E-state index in [9.17, 15) is 14.4 Å². The number of nitrogens with one attached hydrogen (secondary N) is 2. The van der Waals surface area contributed by atoms with Gasteiger partial charge in [0.15, 0.2) is 10.8 Å². The summed E-state index contributed by atoms with van der Waals surface area (Å²) in [7, 11) is 0. The first kappa shape index (κ1) is 9.59. The molecule has 0 aromatic carbocycles. The number of aromatic nitrogens is 2. The molecule has 0 bridgehead atoms. The summed E-state index contributed by atoms with van der Waals surface area (Å²) < 4.78 is 0. The lowest BCUT2D eigenvalue weighted by atomic mass is 10.5. The van der Waals surface area contributed by atoms with Crippen LogP contribution in [0.1, 0.15) is 0 Å². The molecule has 0 aliphatic carbocycles. The summed E-state index contributed by atoms with van der Waals surface area (Å²) in [4.78, 5) is 43.5. The van der Waals surface area contributed by atoms with E-state index in [1.54, 1.807) is 0 Å². The standard InChI is InChI=1S/C6H3ClN4O4/c7-6(4(13)14)10-1-2(11-6)8-5(15)9-3(1)12/h(H,13,14)(H2,8,9,11,12,15). The van der Waals surface area contributed by atoms with Gasteiger partial charge < -0.3 is 5.11 Å². The number of H-pyrrole nitrogens is 2. The Kier molecular flexibility index (Phi) is 1.77. The zero-order chi connectivity index (χ0) is 11.2. The van der Waals surface area contributed by atoms with Crippen LogP contribution in [0.25, 0.3) is 0 Å². The van der Waals surface area contributed by atoms with Gasteiger partial charge in [0.1, 0.15) is 0 Å². The zero-order valence-electron chi connectivity index (χ0n) is 6.94. The Labute approximate surface area is 85.0 Å². The van der Waals surface area contributed by atoms with Gasteiger partial charge in [0.25, 0.3) is 5.56 Å². The second-order valence-corrected chi connectivity index (χ2v) is 3.25. The van der Waals surface area contributed by atoms with E-state index in [4.69, 9.17) is 16.7 Å². The van der Waals surface area contributed by atoms with Crippen molar-refractivity contribution in [3.05, 3.63) is 31.7 Å². The lowest BCUT2D eigenvalue weighted by Crippen LogP contribution is -2.46. The molecule has 1 aliphatic rings. The van der Waals surface area contributed by atoms with E-state index in [1.807, 2.05) is 4.98 Å². The fraction of sp³-hybridized carbons (Fsp3) is 0.167. The van der Waals surface area contributed by atoms with Crippen LogP contribution >= 0.6 is 11.6 Å². The van der Waals surface area contributed by atoms with Crippen molar-refractivity contribution in [2.75, 3.05) is 0 Å². The molecule has 8 nitrogen and oxygen atoms in total. The Morgan fingerprint density at radius 1 is 1.33 bits per heavy atom. The SMILES string of the molecule is O=C(O)C1(Cl)N=c2[nH]c(=O)[nH]c(=O)c2=N1. The number of carbonyl (C=O) groups is 1. The molecule has 0 saturated heterocycles. The number of fused-ring (bicyclic) bond motifs is 1. The number of rotatable bonds is 1. The number of hydrogen-bond donors (Lipinski definition) is 3. The zero-order valence-corrected chi connectivity index (χ0v) is 7.70. The molecule has 0 fully saturated rings. The molecule has 1 unspecified atom stereocenters. The Bertz CT molecular complexity index is 674. The predicted octanol–water partition coefficient (Wildman–Crippen LogP) is -2.71. The van der Waals surface area contributed by atoms with Crippen LogP contribution in [0.15, 0.2) is 19.6 Å². The van der Waals surface area contributed by atoms with Crippen molar-refractivity contribution in [2.24, 2.45) is 9.98 Å². The summed E-state index contributed by atoms with van der Waals surface area (Å²) in [6.45, 7) is 0. The maximum Gasteiger partial charge on any atom is 0.371 e. The quantitative estimate of drug-likeness (QED) is 0.358. The van der Waals surface area contributed by atoms with Crippen LogP contribution in [0.3, 0.4) is 0 Å². The molecule has 78 valence electrons. The summed E-state index contributed by atoms with van der Waals surface area (Å²) in [5.74, 6) is -1.53. The molecule has 2 rings (SSSR count). The van der Waals surface area contributed by atoms with Gasteiger partial charge in [0, 0.05) is 0 Å². The smallest absolute Gasteiger partial charge is 0.371 e. The highest BCUT2D eigenvalue weighted by molar-refractivity contribution is 6.33. The summed E-state index contributed by atoms with van der Waals surface area (Å²) in [5.41, 5.74) is -1.87. The van der Waals surface area contributed by atoms with Gasteiger partial charge in [-0.15, -0.1) is 0 Å². The van der Waals surface area contributed by atoms with E-state index >= 15 is 0 Å². The normalized spacial score (nSPS) is 22.7. The number of aromatic amines is 2. The Hall–Kier alpha value is -1.96. The molecule has 1 aromatic heterocycles. The van der Waals surface area contributed by atoms with Crippen molar-refractivity contribution >= 4 is 17.6 Å². The minimum atomic E-state index is -2.26. The number of nitrogens with zero attached hydrogens (tertiary/aromatic N) is 2. The first-order valence-electron chi connectivity index (χ1n) is 3.67. The molecular weight excluding hydrogens is 228 g/mol. The van der Waals surface area contributed by atoms with Crippen molar-refractivity contribution in [3.8, 4) is 0 Å². The first-order valence-corrected chi connectivity index (χ1v) is 4.05. The highest BCUT2D eigenvalue weighted by Gasteiger charge is 2.38. The lowest BCUT2D eigenvalue weighted by molar-refractivity contribution is -0.139. The fourth-order valence-electron chi connectivity index (χ4n) is 1.07. The van der Waals surface area contributed by atoms with Gasteiger partial charge in [-0.1, -0.05) is 11.6 Å². The van der Waals surface area contributed by atoms with E-state index in [0.717, 1.165) is 0 Å². The summed E-state index contributed by atoms with van der Waals surface area (Å²) in [6.07, 6.45) is 0. The number of aliphatic carboxylic acids is 1. The third-order valence-electron chi connectivity index (χ3n) is 1.69. The van der Waals surface area contributed by atoms with E-state index < -0.39 is 22.3 Å². The molecular formula is C6H3ClN4O4. The predicted molar refractivity (Wildman–Crippen MR) is 46.2 cm³/mol. The second-order valence-electron chi connectivity index (χ2n) is 2.72. The van der Waals surface area contributed by atoms with E-state index in [1.165, 1.54) is 0 Å². The highest BCUT2D eigenvalue weighted by Crippen LogP contribution is 2.18. The van der Waals surface area contributed by atoms with Crippen LogP contribution in [0.5, 0.6) is 0 Å². The van der Waals surface area contributed by atoms with Gasteiger partial charge in [-0.05, 0) is 0 Å². The Balaban J connectivity index is 2.91. The van der Waals surface area contributed by atoms with Gasteiger partial charge in [-0.3, -0.25) is 14.8 Å². The Morgan fingerprint density at radius 3 is 2.60 bits per heavy atom. The summed E-state index contributed by atoms with van der Waals surface area (Å²) >= 11 is 5.49. The molecule has 1 aliphatic heterocycles. The lowest BCUT2D eigenvalue weighted by Gasteiger charge is -2.05. The van der Waals surface area contributed by atoms with Gasteiger partial charge in [0.2, 0.25) is 0 Å². The topological polar surface area (TPSA) is 128 Å². The molecule has 0 radical (unpaired) electrons. The largest absolute Gasteiger partial charge is 0.477 e. The molecule has 15 heavy (non-hydrogen) atoms. The van der Waals surface area contributed by atoms with Crippen LogP contribution < -0.4 is 22.1 Å². The number of carboxylic acids is 1. The van der Waals surface area contributed by atoms with Crippen molar-refractivity contribution in [1.82, 2.24) is 9.97 Å². The molecule has 1 aromatic rings. The molecule has 0 saturated carbocycles. The van der Waals surface area contributed by atoms with Crippen LogP contribution in [0.4, 0.5) is 0 Å². The number of hydrogen-bond acceptors (Lipinski definition) is 5. The minimum Gasteiger partial charge on any atom is -0.477 e. The average Bonchev–Trinajstić information content (AvgIpc) is 2.43. The van der Waals surface area contributed by atoms with Gasteiger partial charge >= 0.3 is 16.8 Å². The number of alkyl halides is 1. The molecule has 1 atom stereocenters. The van der Waals surface area contributed by atoms with Gasteiger partial charge in [0.05, 0.1) is 0 Å². The highest BCUT2D eigenvalue weighted by atomic mass is 35.5. The molecule has 3 N–H and O–H groups in total. The average molecular weight is 231 g/mol. The molecule has 9 heteroatoms. The summed E-state index contributed by atoms with van der Waals surface area (Å²) in [5, 5.41) is 6.12.